The predicted octanol–water partition coefficient (Wildman–Crippen LogP) is 1.34. The van der Waals surface area contributed by atoms with Gasteiger partial charge in [-0.15, -0.1) is 11.3 Å². The van der Waals surface area contributed by atoms with Crippen LogP contribution in [-0.4, -0.2) is 31.3 Å². The summed E-state index contributed by atoms with van der Waals surface area (Å²) >= 11 is 1.65. The smallest absolute Gasteiger partial charge is 0.119 e. The third-order valence-electron chi connectivity index (χ3n) is 2.28. The standard InChI is InChI=1S/C10H16N2O2S/c1-2-13-6-10-12-9(7-15-10)8-5-14-4-3-11-8/h7-8,11H,2-6H2,1H3. The molecule has 1 aromatic rings. The van der Waals surface area contributed by atoms with E-state index >= 15 is 0 Å². The molecule has 0 spiro atoms. The highest BCUT2D eigenvalue weighted by atomic mass is 32.1. The molecule has 0 aliphatic carbocycles. The van der Waals surface area contributed by atoms with Crippen molar-refractivity contribution in [2.75, 3.05) is 26.4 Å². The van der Waals surface area contributed by atoms with Crippen LogP contribution in [0.1, 0.15) is 23.7 Å². The number of hydrogen-bond donors (Lipinski definition) is 1. The molecule has 2 rings (SSSR count). The van der Waals surface area contributed by atoms with E-state index in [4.69, 9.17) is 9.47 Å². The van der Waals surface area contributed by atoms with E-state index in [-0.39, 0.29) is 6.04 Å². The topological polar surface area (TPSA) is 43.4 Å². The van der Waals surface area contributed by atoms with Gasteiger partial charge >= 0.3 is 0 Å². The molecule has 0 bridgehead atoms. The van der Waals surface area contributed by atoms with Gasteiger partial charge in [0.15, 0.2) is 0 Å². The Bertz CT molecular complexity index is 297. The van der Waals surface area contributed by atoms with E-state index in [0.29, 0.717) is 6.61 Å². The SMILES string of the molecule is CCOCc1nc(C2COCCN2)cs1. The molecule has 15 heavy (non-hydrogen) atoms. The first-order chi connectivity index (χ1) is 7.40. The van der Waals surface area contributed by atoms with Gasteiger partial charge in [-0.2, -0.15) is 0 Å². The molecule has 1 atom stereocenters. The molecule has 0 saturated carbocycles. The average Bonchev–Trinajstić information content (AvgIpc) is 2.76. The van der Waals surface area contributed by atoms with Crippen molar-refractivity contribution in [1.82, 2.24) is 10.3 Å². The van der Waals surface area contributed by atoms with Crippen molar-refractivity contribution in [3.05, 3.63) is 16.1 Å². The minimum atomic E-state index is 0.255. The highest BCUT2D eigenvalue weighted by Crippen LogP contribution is 2.19. The van der Waals surface area contributed by atoms with Crippen molar-refractivity contribution in [3.8, 4) is 0 Å². The summed E-state index contributed by atoms with van der Waals surface area (Å²) < 4.78 is 10.7. The lowest BCUT2D eigenvalue weighted by molar-refractivity contribution is 0.0755. The number of thiazole rings is 1. The van der Waals surface area contributed by atoms with Crippen molar-refractivity contribution in [2.24, 2.45) is 0 Å². The molecule has 1 aliphatic heterocycles. The number of ether oxygens (including phenoxy) is 2. The second-order valence-corrected chi connectivity index (χ2v) is 4.33. The predicted molar refractivity (Wildman–Crippen MR) is 59.0 cm³/mol. The van der Waals surface area contributed by atoms with E-state index in [2.05, 4.69) is 15.7 Å². The fraction of sp³-hybridized carbons (Fsp3) is 0.700. The third-order valence-corrected chi connectivity index (χ3v) is 3.12. The number of hydrogen-bond acceptors (Lipinski definition) is 5. The van der Waals surface area contributed by atoms with Crippen molar-refractivity contribution in [2.45, 2.75) is 19.6 Å². The van der Waals surface area contributed by atoms with Gasteiger partial charge in [-0.3, -0.25) is 0 Å². The monoisotopic (exact) mass is 228 g/mol. The lowest BCUT2D eigenvalue weighted by atomic mass is 10.2. The van der Waals surface area contributed by atoms with E-state index < -0.39 is 0 Å². The first-order valence-corrected chi connectivity index (χ1v) is 6.11. The van der Waals surface area contributed by atoms with Crippen LogP contribution in [0.15, 0.2) is 5.38 Å². The van der Waals surface area contributed by atoms with Crippen LogP contribution < -0.4 is 5.32 Å². The fourth-order valence-electron chi connectivity index (χ4n) is 1.50. The van der Waals surface area contributed by atoms with Gasteiger partial charge < -0.3 is 14.8 Å². The Hall–Kier alpha value is -0.490. The van der Waals surface area contributed by atoms with Crippen LogP contribution in [0.3, 0.4) is 0 Å². The average molecular weight is 228 g/mol. The summed E-state index contributed by atoms with van der Waals surface area (Å²) in [4.78, 5) is 4.52. The minimum Gasteiger partial charge on any atom is -0.378 e. The molecular weight excluding hydrogens is 212 g/mol. The van der Waals surface area contributed by atoms with Crippen molar-refractivity contribution in [1.29, 1.82) is 0 Å². The van der Waals surface area contributed by atoms with E-state index in [0.717, 1.165) is 37.1 Å². The highest BCUT2D eigenvalue weighted by Gasteiger charge is 2.17. The summed E-state index contributed by atoms with van der Waals surface area (Å²) in [6.07, 6.45) is 0. The van der Waals surface area contributed by atoms with Gasteiger partial charge in [-0.05, 0) is 6.92 Å². The Kier molecular flexibility index (Phi) is 4.08. The van der Waals surface area contributed by atoms with E-state index in [9.17, 15) is 0 Å². The number of morpholine rings is 1. The van der Waals surface area contributed by atoms with Gasteiger partial charge in [0.2, 0.25) is 0 Å². The van der Waals surface area contributed by atoms with Crippen molar-refractivity contribution in [3.63, 3.8) is 0 Å². The van der Waals surface area contributed by atoms with Crippen LogP contribution in [0.5, 0.6) is 0 Å². The zero-order valence-corrected chi connectivity index (χ0v) is 9.68. The van der Waals surface area contributed by atoms with Crippen LogP contribution in [0.25, 0.3) is 0 Å². The number of rotatable bonds is 4. The fourth-order valence-corrected chi connectivity index (χ4v) is 2.28. The van der Waals surface area contributed by atoms with E-state index in [1.165, 1.54) is 0 Å². The van der Waals surface area contributed by atoms with Gasteiger partial charge in [0.05, 0.1) is 31.6 Å². The first kappa shape index (κ1) is 11.0. The quantitative estimate of drug-likeness (QED) is 0.844. The lowest BCUT2D eigenvalue weighted by Crippen LogP contribution is -2.34. The summed E-state index contributed by atoms with van der Waals surface area (Å²) in [7, 11) is 0. The third kappa shape index (κ3) is 2.98. The van der Waals surface area contributed by atoms with Crippen LogP contribution in [0.2, 0.25) is 0 Å². The first-order valence-electron chi connectivity index (χ1n) is 5.23. The molecule has 1 saturated heterocycles. The normalized spacial score (nSPS) is 21.8. The number of aromatic nitrogens is 1. The minimum absolute atomic E-state index is 0.255. The maximum absolute atomic E-state index is 5.40. The zero-order chi connectivity index (χ0) is 10.5. The maximum atomic E-state index is 5.40. The second-order valence-electron chi connectivity index (χ2n) is 3.38. The van der Waals surface area contributed by atoms with Crippen molar-refractivity contribution >= 4 is 11.3 Å². The molecular formula is C10H16N2O2S. The molecule has 84 valence electrons. The highest BCUT2D eigenvalue weighted by molar-refractivity contribution is 7.09. The summed E-state index contributed by atoms with van der Waals surface area (Å²) in [5.41, 5.74) is 1.08. The largest absolute Gasteiger partial charge is 0.378 e. The molecule has 0 amide bonds. The molecule has 1 fully saturated rings. The van der Waals surface area contributed by atoms with Gasteiger partial charge in [0.25, 0.3) is 0 Å². The molecule has 2 heterocycles. The Morgan fingerprint density at radius 2 is 2.67 bits per heavy atom. The Balaban J connectivity index is 1.93. The molecule has 5 heteroatoms. The van der Waals surface area contributed by atoms with E-state index in [1.807, 2.05) is 6.92 Å². The molecule has 1 N–H and O–H groups in total. The van der Waals surface area contributed by atoms with Crippen molar-refractivity contribution < 1.29 is 9.47 Å². The number of nitrogens with one attached hydrogen (secondary N) is 1. The summed E-state index contributed by atoms with van der Waals surface area (Å²) in [6.45, 7) is 5.77. The lowest BCUT2D eigenvalue weighted by Gasteiger charge is -2.21. The molecule has 4 nitrogen and oxygen atoms in total. The number of nitrogens with zero attached hydrogens (tertiary/aromatic N) is 1. The Labute approximate surface area is 93.6 Å². The molecule has 0 aromatic carbocycles. The second kappa shape index (κ2) is 5.55. The molecule has 1 unspecified atom stereocenters. The van der Waals surface area contributed by atoms with Crippen LogP contribution >= 0.6 is 11.3 Å². The maximum Gasteiger partial charge on any atom is 0.119 e. The van der Waals surface area contributed by atoms with Gasteiger partial charge in [-0.1, -0.05) is 0 Å². The van der Waals surface area contributed by atoms with Crippen LogP contribution in [-0.2, 0) is 16.1 Å². The van der Waals surface area contributed by atoms with Crippen LogP contribution in [0, 0.1) is 0 Å². The Morgan fingerprint density at radius 3 is 3.40 bits per heavy atom. The van der Waals surface area contributed by atoms with Gasteiger partial charge in [0.1, 0.15) is 5.01 Å². The van der Waals surface area contributed by atoms with Crippen LogP contribution in [0.4, 0.5) is 0 Å². The Morgan fingerprint density at radius 1 is 1.73 bits per heavy atom. The summed E-state index contributed by atoms with van der Waals surface area (Å²) in [6, 6.07) is 0.255. The zero-order valence-electron chi connectivity index (χ0n) is 8.86. The summed E-state index contributed by atoms with van der Waals surface area (Å²) in [5.74, 6) is 0. The van der Waals surface area contributed by atoms with Gasteiger partial charge in [-0.25, -0.2) is 4.98 Å². The summed E-state index contributed by atoms with van der Waals surface area (Å²) in [5, 5.41) is 6.51. The molecule has 1 aliphatic rings. The molecule has 0 radical (unpaired) electrons. The van der Waals surface area contributed by atoms with Gasteiger partial charge in [0, 0.05) is 18.5 Å². The molecule has 1 aromatic heterocycles. The van der Waals surface area contributed by atoms with E-state index in [1.54, 1.807) is 11.3 Å².